The third kappa shape index (κ3) is 5.09. The minimum Gasteiger partial charge on any atom is -0.339 e. The number of nitrogens with one attached hydrogen (secondary N) is 1. The van der Waals surface area contributed by atoms with Crippen molar-refractivity contribution in [2.75, 3.05) is 0 Å². The molecule has 5 rings (SSSR count). The van der Waals surface area contributed by atoms with Crippen LogP contribution in [0.3, 0.4) is 0 Å². The third-order valence-electron chi connectivity index (χ3n) is 5.85. The first-order chi connectivity index (χ1) is 17.7. The molecule has 0 saturated heterocycles. The maximum Gasteiger partial charge on any atom is 0.283 e. The molecule has 0 atom stereocenters. The highest BCUT2D eigenvalue weighted by Gasteiger charge is 2.24. The van der Waals surface area contributed by atoms with Crippen LogP contribution < -0.4 is 4.72 Å². The molecule has 9 nitrogen and oxygen atoms in total. The van der Waals surface area contributed by atoms with Crippen molar-refractivity contribution in [2.45, 2.75) is 32.2 Å². The van der Waals surface area contributed by atoms with E-state index in [1.54, 1.807) is 35.9 Å². The number of amides is 1. The highest BCUT2D eigenvalue weighted by molar-refractivity contribution is 7.90. The molecule has 0 aliphatic carbocycles. The number of aryl methyl sites for hydroxylation is 3. The fourth-order valence-electron chi connectivity index (χ4n) is 3.92. The van der Waals surface area contributed by atoms with E-state index in [4.69, 9.17) is 9.62 Å². The van der Waals surface area contributed by atoms with Gasteiger partial charge in [0.1, 0.15) is 11.4 Å². The molecule has 188 valence electrons. The normalized spacial score (nSPS) is 11.5. The Morgan fingerprint density at radius 2 is 1.68 bits per heavy atom. The van der Waals surface area contributed by atoms with E-state index in [-0.39, 0.29) is 10.6 Å². The van der Waals surface area contributed by atoms with Gasteiger partial charge in [-0.05, 0) is 60.9 Å². The Morgan fingerprint density at radius 1 is 0.973 bits per heavy atom. The number of carbonyl (C=O) groups is 1. The Kier molecular flexibility index (Phi) is 6.48. The zero-order valence-corrected chi connectivity index (χ0v) is 21.9. The second-order valence-corrected chi connectivity index (χ2v) is 11.3. The quantitative estimate of drug-likeness (QED) is 0.320. The van der Waals surface area contributed by atoms with Gasteiger partial charge in [-0.25, -0.2) is 13.1 Å². The van der Waals surface area contributed by atoms with Crippen molar-refractivity contribution >= 4 is 27.3 Å². The zero-order chi connectivity index (χ0) is 26.2. The summed E-state index contributed by atoms with van der Waals surface area (Å²) in [7, 11) is -4.06. The smallest absolute Gasteiger partial charge is 0.283 e. The highest BCUT2D eigenvalue weighted by atomic mass is 32.2. The Balaban J connectivity index is 1.53. The van der Waals surface area contributed by atoms with E-state index < -0.39 is 15.9 Å². The first kappa shape index (κ1) is 24.6. The maximum atomic E-state index is 13.3. The number of sulfonamides is 1. The van der Waals surface area contributed by atoms with E-state index >= 15 is 0 Å². The number of thiophene rings is 1. The van der Waals surface area contributed by atoms with Gasteiger partial charge in [-0.2, -0.15) is 10.1 Å². The number of rotatable bonds is 7. The summed E-state index contributed by atoms with van der Waals surface area (Å²) in [6, 6.07) is 19.0. The Labute approximate surface area is 217 Å². The molecule has 0 aliphatic heterocycles. The zero-order valence-electron chi connectivity index (χ0n) is 20.3. The van der Waals surface area contributed by atoms with Crippen molar-refractivity contribution in [3.05, 3.63) is 95.0 Å². The molecule has 0 saturated carbocycles. The summed E-state index contributed by atoms with van der Waals surface area (Å²) in [6.07, 6.45) is 0. The summed E-state index contributed by atoms with van der Waals surface area (Å²) < 4.78 is 34.5. The van der Waals surface area contributed by atoms with E-state index in [1.165, 1.54) is 23.5 Å². The van der Waals surface area contributed by atoms with Crippen LogP contribution in [0.25, 0.3) is 21.3 Å². The fourth-order valence-corrected chi connectivity index (χ4v) is 5.79. The summed E-state index contributed by atoms with van der Waals surface area (Å²) in [5.41, 5.74) is 3.76. The molecule has 3 aromatic heterocycles. The second kappa shape index (κ2) is 9.75. The number of benzene rings is 2. The van der Waals surface area contributed by atoms with Gasteiger partial charge < -0.3 is 4.52 Å². The van der Waals surface area contributed by atoms with Crippen LogP contribution in [0.2, 0.25) is 0 Å². The predicted octanol–water partition coefficient (Wildman–Crippen LogP) is 4.75. The highest BCUT2D eigenvalue weighted by Crippen LogP contribution is 2.33. The van der Waals surface area contributed by atoms with Gasteiger partial charge in [0.25, 0.3) is 15.9 Å². The largest absolute Gasteiger partial charge is 0.339 e. The summed E-state index contributed by atoms with van der Waals surface area (Å²) in [5.74, 6) is 0.163. The van der Waals surface area contributed by atoms with Gasteiger partial charge in [0.15, 0.2) is 0 Å². The lowest BCUT2D eigenvalue weighted by atomic mass is 10.0. The topological polar surface area (TPSA) is 120 Å². The lowest BCUT2D eigenvalue weighted by Crippen LogP contribution is -2.32. The molecular weight excluding hydrogens is 510 g/mol. The van der Waals surface area contributed by atoms with Crippen LogP contribution in [0.5, 0.6) is 0 Å². The molecule has 11 heteroatoms. The summed E-state index contributed by atoms with van der Waals surface area (Å²) in [6.45, 7) is 6.00. The lowest BCUT2D eigenvalue weighted by molar-refractivity contribution is 0.0971. The Hall–Kier alpha value is -4.09. The average Bonchev–Trinajstić information content (AvgIpc) is 3.61. The summed E-state index contributed by atoms with van der Waals surface area (Å²) in [4.78, 5) is 19.1. The van der Waals surface area contributed by atoms with E-state index in [1.807, 2.05) is 44.2 Å². The van der Waals surface area contributed by atoms with Gasteiger partial charge in [-0.3, -0.25) is 9.48 Å². The monoisotopic (exact) mass is 533 g/mol. The van der Waals surface area contributed by atoms with Crippen molar-refractivity contribution in [3.8, 4) is 21.3 Å². The minimum atomic E-state index is -4.06. The Bertz CT molecular complexity index is 1680. The van der Waals surface area contributed by atoms with Crippen LogP contribution >= 0.6 is 11.3 Å². The molecule has 0 radical (unpaired) electrons. The second-order valence-electron chi connectivity index (χ2n) is 8.49. The number of aromatic nitrogens is 4. The van der Waals surface area contributed by atoms with Crippen molar-refractivity contribution in [1.29, 1.82) is 0 Å². The molecule has 3 heterocycles. The van der Waals surface area contributed by atoms with Crippen LogP contribution in [-0.4, -0.2) is 34.2 Å². The summed E-state index contributed by atoms with van der Waals surface area (Å²) >= 11 is 1.40. The van der Waals surface area contributed by atoms with E-state index in [2.05, 4.69) is 14.9 Å². The summed E-state index contributed by atoms with van der Waals surface area (Å²) in [5, 5.41) is 8.66. The van der Waals surface area contributed by atoms with Crippen LogP contribution in [0.1, 0.15) is 33.1 Å². The molecule has 0 unspecified atom stereocenters. The number of hydrogen-bond acceptors (Lipinski definition) is 8. The maximum absolute atomic E-state index is 13.3. The fraction of sp³-hybridized carbons (Fsp3) is 0.154. The molecule has 0 bridgehead atoms. The molecule has 0 spiro atoms. The van der Waals surface area contributed by atoms with Gasteiger partial charge >= 0.3 is 0 Å². The van der Waals surface area contributed by atoms with Gasteiger partial charge in [0, 0.05) is 6.92 Å². The third-order valence-corrected chi connectivity index (χ3v) is 8.30. The van der Waals surface area contributed by atoms with Crippen molar-refractivity contribution in [2.24, 2.45) is 0 Å². The molecule has 37 heavy (non-hydrogen) atoms. The van der Waals surface area contributed by atoms with E-state index in [0.29, 0.717) is 24.0 Å². The first-order valence-corrected chi connectivity index (χ1v) is 13.7. The molecule has 1 amide bonds. The molecule has 1 N–H and O–H groups in total. The van der Waals surface area contributed by atoms with Gasteiger partial charge in [-0.1, -0.05) is 41.6 Å². The average molecular weight is 534 g/mol. The van der Waals surface area contributed by atoms with Crippen molar-refractivity contribution in [1.82, 2.24) is 24.6 Å². The van der Waals surface area contributed by atoms with E-state index in [9.17, 15) is 13.2 Å². The van der Waals surface area contributed by atoms with Crippen LogP contribution in [0, 0.1) is 20.8 Å². The lowest BCUT2D eigenvalue weighted by Gasteiger charge is -2.12. The van der Waals surface area contributed by atoms with Crippen molar-refractivity contribution < 1.29 is 17.7 Å². The van der Waals surface area contributed by atoms with Crippen LogP contribution in [0.4, 0.5) is 0 Å². The van der Waals surface area contributed by atoms with Gasteiger partial charge in [0.05, 0.1) is 21.2 Å². The van der Waals surface area contributed by atoms with Crippen LogP contribution in [-0.2, 0) is 16.6 Å². The number of hydrogen-bond donors (Lipinski definition) is 1. The molecule has 2 aromatic carbocycles. The molecular formula is C26H23N5O4S2. The standard InChI is InChI=1S/C26H23N5O4S2/c1-16-8-7-9-17(2)20(16)15-31-22(26(32)30-37(33,34)19-10-5-4-6-11-19)14-21(28-31)23-12-13-24(36-23)25-27-18(3)35-29-25/h4-14H,15H2,1-3H3,(H,30,32). The Morgan fingerprint density at radius 3 is 2.35 bits per heavy atom. The predicted molar refractivity (Wildman–Crippen MR) is 140 cm³/mol. The van der Waals surface area contributed by atoms with Gasteiger partial charge in [0.2, 0.25) is 11.7 Å². The number of nitrogens with zero attached hydrogens (tertiary/aromatic N) is 4. The van der Waals surface area contributed by atoms with E-state index in [0.717, 1.165) is 26.4 Å². The SMILES string of the molecule is Cc1nc(-c2ccc(-c3cc(C(=O)NS(=O)(=O)c4ccccc4)n(Cc4c(C)cccc4C)n3)s2)no1. The molecule has 0 fully saturated rings. The molecule has 0 aliphatic rings. The van der Waals surface area contributed by atoms with Crippen molar-refractivity contribution in [3.63, 3.8) is 0 Å². The first-order valence-electron chi connectivity index (χ1n) is 11.4. The van der Waals surface area contributed by atoms with Gasteiger partial charge in [-0.15, -0.1) is 11.3 Å². The number of carbonyl (C=O) groups excluding carboxylic acids is 1. The van der Waals surface area contributed by atoms with Crippen LogP contribution in [0.15, 0.2) is 76.1 Å². The molecule has 5 aromatic rings. The minimum absolute atomic E-state index is 0.00249.